The Morgan fingerprint density at radius 1 is 1.15 bits per heavy atom. The van der Waals surface area contributed by atoms with Gasteiger partial charge in [0.15, 0.2) is 0 Å². The van der Waals surface area contributed by atoms with Crippen molar-refractivity contribution in [2.24, 2.45) is 5.92 Å². The molecule has 33 heavy (non-hydrogen) atoms. The number of carbonyl (C=O) groups excluding carboxylic acids is 2. The molecule has 0 unspecified atom stereocenters. The smallest absolute Gasteiger partial charge is 0.242 e. The van der Waals surface area contributed by atoms with Gasteiger partial charge in [-0.25, -0.2) is 0 Å². The first-order chi connectivity index (χ1) is 15.8. The number of nitrogens with zero attached hydrogens (tertiary/aromatic N) is 2. The van der Waals surface area contributed by atoms with Crippen LogP contribution in [0.2, 0.25) is 0 Å². The summed E-state index contributed by atoms with van der Waals surface area (Å²) in [6.07, 6.45) is 0.828. The molecular formula is C26H36N2O4S. The molecule has 180 valence electrons. The van der Waals surface area contributed by atoms with E-state index in [1.54, 1.807) is 23.3 Å². The molecule has 3 rings (SSSR count). The van der Waals surface area contributed by atoms with Crippen LogP contribution in [0.1, 0.15) is 55.7 Å². The van der Waals surface area contributed by atoms with Crippen molar-refractivity contribution >= 4 is 23.2 Å². The van der Waals surface area contributed by atoms with Gasteiger partial charge in [-0.3, -0.25) is 9.59 Å². The van der Waals surface area contributed by atoms with Crippen molar-refractivity contribution in [2.45, 2.75) is 46.1 Å². The van der Waals surface area contributed by atoms with Gasteiger partial charge in [-0.05, 0) is 47.0 Å². The lowest BCUT2D eigenvalue weighted by atomic mass is 10.00. The van der Waals surface area contributed by atoms with Crippen molar-refractivity contribution in [3.8, 4) is 5.75 Å². The minimum absolute atomic E-state index is 0.0355. The first kappa shape index (κ1) is 25.2. The van der Waals surface area contributed by atoms with Crippen LogP contribution in [-0.4, -0.2) is 61.6 Å². The molecule has 0 spiro atoms. The van der Waals surface area contributed by atoms with E-state index in [9.17, 15) is 9.59 Å². The monoisotopic (exact) mass is 472 g/mol. The summed E-state index contributed by atoms with van der Waals surface area (Å²) in [7, 11) is 1.60. The van der Waals surface area contributed by atoms with Crippen molar-refractivity contribution in [2.75, 3.05) is 40.0 Å². The number of ether oxygens (including phenoxy) is 2. The predicted molar refractivity (Wildman–Crippen MR) is 132 cm³/mol. The van der Waals surface area contributed by atoms with Gasteiger partial charge in [-0.2, -0.15) is 0 Å². The number of hydrogen-bond donors (Lipinski definition) is 0. The third-order valence-corrected chi connectivity index (χ3v) is 7.06. The summed E-state index contributed by atoms with van der Waals surface area (Å²) in [4.78, 5) is 30.9. The zero-order valence-electron chi connectivity index (χ0n) is 20.4. The number of thiophene rings is 1. The molecule has 1 atom stereocenters. The molecule has 2 aromatic rings. The molecule has 0 fully saturated rings. The second-order valence-corrected chi connectivity index (χ2v) is 10.1. The largest absolute Gasteiger partial charge is 0.491 e. The number of amides is 2. The average Bonchev–Trinajstić information content (AvgIpc) is 3.28. The van der Waals surface area contributed by atoms with Crippen LogP contribution >= 0.6 is 11.3 Å². The van der Waals surface area contributed by atoms with Crippen LogP contribution in [0.15, 0.2) is 35.7 Å². The fraction of sp³-hybridized carbons (Fsp3) is 0.538. The van der Waals surface area contributed by atoms with Crippen molar-refractivity contribution in [1.82, 2.24) is 9.80 Å². The third kappa shape index (κ3) is 6.36. The molecule has 2 amide bonds. The summed E-state index contributed by atoms with van der Waals surface area (Å²) in [5.74, 6) is 0.999. The van der Waals surface area contributed by atoms with Gasteiger partial charge in [0.2, 0.25) is 11.8 Å². The second-order valence-electron chi connectivity index (χ2n) is 9.09. The molecule has 0 N–H and O–H groups in total. The van der Waals surface area contributed by atoms with Gasteiger partial charge >= 0.3 is 0 Å². The van der Waals surface area contributed by atoms with Gasteiger partial charge in [0, 0.05) is 31.0 Å². The number of fused-ring (bicyclic) bond motifs is 1. The van der Waals surface area contributed by atoms with Crippen LogP contribution in [0.4, 0.5) is 0 Å². The lowest BCUT2D eigenvalue weighted by molar-refractivity contribution is -0.144. The van der Waals surface area contributed by atoms with E-state index in [0.29, 0.717) is 32.2 Å². The fourth-order valence-electron chi connectivity index (χ4n) is 4.09. The molecule has 0 bridgehead atoms. The van der Waals surface area contributed by atoms with Crippen molar-refractivity contribution in [3.05, 3.63) is 51.7 Å². The Bertz CT molecular complexity index is 923. The third-order valence-electron chi connectivity index (χ3n) is 6.07. The molecule has 1 aromatic heterocycles. The van der Waals surface area contributed by atoms with Gasteiger partial charge in [0.05, 0.1) is 19.2 Å². The maximum absolute atomic E-state index is 13.4. The van der Waals surface area contributed by atoms with E-state index in [2.05, 4.69) is 37.4 Å². The molecule has 2 heterocycles. The van der Waals surface area contributed by atoms with Crippen LogP contribution in [0, 0.1) is 5.92 Å². The Labute approximate surface area is 201 Å². The Balaban J connectivity index is 1.74. The van der Waals surface area contributed by atoms with Crippen LogP contribution in [0.25, 0.3) is 0 Å². The summed E-state index contributed by atoms with van der Waals surface area (Å²) in [6.45, 7) is 9.91. The average molecular weight is 473 g/mol. The normalized spacial score (nSPS) is 15.6. The van der Waals surface area contributed by atoms with Crippen LogP contribution in [0.5, 0.6) is 5.75 Å². The van der Waals surface area contributed by atoms with Gasteiger partial charge in [0.1, 0.15) is 12.4 Å². The van der Waals surface area contributed by atoms with Crippen LogP contribution in [-0.2, 0) is 20.7 Å². The Morgan fingerprint density at radius 2 is 1.88 bits per heavy atom. The molecule has 1 aliphatic heterocycles. The molecule has 1 aliphatic rings. The van der Waals surface area contributed by atoms with Gasteiger partial charge in [-0.1, -0.05) is 39.8 Å². The zero-order valence-corrected chi connectivity index (χ0v) is 21.2. The van der Waals surface area contributed by atoms with E-state index in [1.165, 1.54) is 10.4 Å². The quantitative estimate of drug-likeness (QED) is 0.511. The molecule has 7 heteroatoms. The maximum Gasteiger partial charge on any atom is 0.242 e. The first-order valence-electron chi connectivity index (χ1n) is 11.7. The van der Waals surface area contributed by atoms with Crippen molar-refractivity contribution in [1.29, 1.82) is 0 Å². The molecule has 1 aromatic carbocycles. The highest BCUT2D eigenvalue weighted by Gasteiger charge is 2.33. The molecule has 0 saturated carbocycles. The second kappa shape index (κ2) is 11.7. The summed E-state index contributed by atoms with van der Waals surface area (Å²) in [6, 6.07) is 10.1. The maximum atomic E-state index is 13.4. The minimum atomic E-state index is -0.174. The highest BCUT2D eigenvalue weighted by Crippen LogP contribution is 2.34. The highest BCUT2D eigenvalue weighted by molar-refractivity contribution is 7.10. The molecule has 6 nitrogen and oxygen atoms in total. The highest BCUT2D eigenvalue weighted by atomic mass is 32.1. The number of benzene rings is 1. The predicted octanol–water partition coefficient (Wildman–Crippen LogP) is 4.51. The van der Waals surface area contributed by atoms with Gasteiger partial charge in [0.25, 0.3) is 0 Å². The first-order valence-corrected chi connectivity index (χ1v) is 12.6. The number of methoxy groups -OCH3 is 1. The van der Waals surface area contributed by atoms with E-state index in [0.717, 1.165) is 17.7 Å². The standard InChI is InChI=1S/C26H36N2O4S/c1-18(2)20-6-8-21(9-7-20)32-17-23-22-11-15-33-24(22)10-12-28(23)25(29)16-27(13-14-31-5)26(30)19(3)4/h6-9,11,15,18-19,23H,10,12-14,16-17H2,1-5H3/t23-/m0/s1. The minimum Gasteiger partial charge on any atom is -0.491 e. The fourth-order valence-corrected chi connectivity index (χ4v) is 5.01. The molecule has 0 aliphatic carbocycles. The van der Waals surface area contributed by atoms with E-state index >= 15 is 0 Å². The SMILES string of the molecule is COCCN(CC(=O)N1CCc2sccc2[C@@H]1COc1ccc(C(C)C)cc1)C(=O)C(C)C. The molecule has 0 saturated heterocycles. The van der Waals surface area contributed by atoms with Gasteiger partial charge in [-0.15, -0.1) is 11.3 Å². The van der Waals surface area contributed by atoms with Crippen LogP contribution in [0.3, 0.4) is 0 Å². The lowest BCUT2D eigenvalue weighted by Crippen LogP contribution is -2.49. The van der Waals surface area contributed by atoms with Crippen molar-refractivity contribution < 1.29 is 19.1 Å². The summed E-state index contributed by atoms with van der Waals surface area (Å²) < 4.78 is 11.3. The topological polar surface area (TPSA) is 59.1 Å². The van der Waals surface area contributed by atoms with E-state index in [4.69, 9.17) is 9.47 Å². The molecular weight excluding hydrogens is 436 g/mol. The van der Waals surface area contributed by atoms with Crippen molar-refractivity contribution in [3.63, 3.8) is 0 Å². The van der Waals surface area contributed by atoms with Gasteiger partial charge < -0.3 is 19.3 Å². The number of hydrogen-bond acceptors (Lipinski definition) is 5. The Kier molecular flexibility index (Phi) is 8.92. The summed E-state index contributed by atoms with van der Waals surface area (Å²) in [5.41, 5.74) is 2.42. The Morgan fingerprint density at radius 3 is 2.52 bits per heavy atom. The summed E-state index contributed by atoms with van der Waals surface area (Å²) in [5, 5.41) is 2.08. The molecule has 0 radical (unpaired) electrons. The summed E-state index contributed by atoms with van der Waals surface area (Å²) >= 11 is 1.73. The number of rotatable bonds is 10. The van der Waals surface area contributed by atoms with E-state index in [-0.39, 0.29) is 30.3 Å². The van der Waals surface area contributed by atoms with E-state index < -0.39 is 0 Å². The Hall–Kier alpha value is -2.38. The lowest BCUT2D eigenvalue weighted by Gasteiger charge is -2.37. The van der Waals surface area contributed by atoms with E-state index in [1.807, 2.05) is 30.9 Å². The van der Waals surface area contributed by atoms with Crippen LogP contribution < -0.4 is 4.74 Å². The number of carbonyl (C=O) groups is 2. The zero-order chi connectivity index (χ0) is 24.0.